The van der Waals surface area contributed by atoms with E-state index in [-0.39, 0.29) is 11.4 Å². The molecule has 1 aromatic rings. The predicted octanol–water partition coefficient (Wildman–Crippen LogP) is 2.49. The fourth-order valence-electron chi connectivity index (χ4n) is 2.65. The zero-order chi connectivity index (χ0) is 19.0. The maximum Gasteiger partial charge on any atom is 0.320 e. The second-order valence-electron chi connectivity index (χ2n) is 7.45. The van der Waals surface area contributed by atoms with Crippen molar-refractivity contribution in [2.24, 2.45) is 5.41 Å². The molecular weight excluding hydrogens is 330 g/mol. The Hall–Kier alpha value is -2.30. The lowest BCUT2D eigenvalue weighted by Gasteiger charge is -2.27. The van der Waals surface area contributed by atoms with Crippen molar-refractivity contribution in [1.29, 1.82) is 5.26 Å². The number of carbonyl (C=O) groups is 1. The molecule has 7 heteroatoms. The summed E-state index contributed by atoms with van der Waals surface area (Å²) in [5.41, 5.74) is 1.22. The fourth-order valence-corrected chi connectivity index (χ4v) is 2.65. The molecule has 1 atom stereocenters. The van der Waals surface area contributed by atoms with E-state index < -0.39 is 6.04 Å². The normalized spacial score (nSPS) is 16.4. The van der Waals surface area contributed by atoms with Gasteiger partial charge in [-0.05, 0) is 17.5 Å². The third kappa shape index (κ3) is 6.21. The van der Waals surface area contributed by atoms with Crippen LogP contribution < -0.4 is 16.0 Å². The molecule has 0 unspecified atom stereocenters. The molecule has 0 spiro atoms. The molecule has 0 aliphatic carbocycles. The van der Waals surface area contributed by atoms with E-state index in [9.17, 15) is 10.1 Å². The van der Waals surface area contributed by atoms with E-state index in [0.29, 0.717) is 5.69 Å². The van der Waals surface area contributed by atoms with E-state index in [1.54, 1.807) is 0 Å². The Kier molecular flexibility index (Phi) is 7.25. The Labute approximate surface area is 155 Å². The van der Waals surface area contributed by atoms with Crippen LogP contribution >= 0.6 is 0 Å². The van der Waals surface area contributed by atoms with E-state index in [4.69, 9.17) is 4.74 Å². The van der Waals surface area contributed by atoms with E-state index in [2.05, 4.69) is 26.9 Å². The van der Waals surface area contributed by atoms with Crippen LogP contribution in [0.15, 0.2) is 24.3 Å². The average Bonchev–Trinajstić information content (AvgIpc) is 2.61. The first-order chi connectivity index (χ1) is 12.4. The lowest BCUT2D eigenvalue weighted by molar-refractivity contribution is 0.0398. The van der Waals surface area contributed by atoms with Crippen LogP contribution in [0.3, 0.4) is 0 Å². The fraction of sp³-hybridized carbons (Fsp3) is 0.579. The number of anilines is 2. The number of nitrogens with one attached hydrogen (secondary N) is 3. The summed E-state index contributed by atoms with van der Waals surface area (Å²) in [6, 6.07) is 8.76. The molecule has 0 radical (unpaired) electrons. The van der Waals surface area contributed by atoms with Crippen LogP contribution in [-0.2, 0) is 4.74 Å². The van der Waals surface area contributed by atoms with Gasteiger partial charge in [-0.1, -0.05) is 32.9 Å². The molecule has 3 N–H and O–H groups in total. The Morgan fingerprint density at radius 2 is 1.92 bits per heavy atom. The molecule has 1 fully saturated rings. The van der Waals surface area contributed by atoms with Crippen LogP contribution in [0.5, 0.6) is 0 Å². The quantitative estimate of drug-likeness (QED) is 0.726. The van der Waals surface area contributed by atoms with E-state index in [0.717, 1.165) is 45.1 Å². The molecule has 1 heterocycles. The highest BCUT2D eigenvalue weighted by Crippen LogP contribution is 2.22. The third-order valence-corrected chi connectivity index (χ3v) is 4.29. The van der Waals surface area contributed by atoms with Gasteiger partial charge in [0, 0.05) is 26.2 Å². The Balaban J connectivity index is 1.89. The van der Waals surface area contributed by atoms with Gasteiger partial charge in [-0.25, -0.2) is 4.79 Å². The summed E-state index contributed by atoms with van der Waals surface area (Å²) in [6.45, 7) is 10.9. The first-order valence-electron chi connectivity index (χ1n) is 9.00. The summed E-state index contributed by atoms with van der Waals surface area (Å²) in [4.78, 5) is 14.6. The standard InChI is InChI=1S/C19H29N5O2/c1-19(2,3)17(14-20)23-18(25)22-16-7-5-4-6-15(16)21-8-9-24-10-12-26-13-11-24/h4-7,17,21H,8-13H2,1-3H3,(H2,22,23,25)/t17-/m1/s1. The highest BCUT2D eigenvalue weighted by molar-refractivity contribution is 5.93. The van der Waals surface area contributed by atoms with Crippen LogP contribution in [0.25, 0.3) is 0 Å². The number of amides is 2. The monoisotopic (exact) mass is 359 g/mol. The second kappa shape index (κ2) is 9.41. The molecule has 1 aliphatic rings. The van der Waals surface area contributed by atoms with Crippen LogP contribution in [0.4, 0.5) is 16.2 Å². The number of rotatable bonds is 6. The zero-order valence-electron chi connectivity index (χ0n) is 15.8. The maximum absolute atomic E-state index is 12.3. The van der Waals surface area contributed by atoms with Crippen molar-refractivity contribution in [1.82, 2.24) is 10.2 Å². The summed E-state index contributed by atoms with van der Waals surface area (Å²) in [5.74, 6) is 0. The first kappa shape index (κ1) is 20.0. The van der Waals surface area contributed by atoms with Crippen molar-refractivity contribution in [2.45, 2.75) is 26.8 Å². The third-order valence-electron chi connectivity index (χ3n) is 4.29. The number of benzene rings is 1. The van der Waals surface area contributed by atoms with Gasteiger partial charge in [0.25, 0.3) is 0 Å². The van der Waals surface area contributed by atoms with Gasteiger partial charge in [0.2, 0.25) is 0 Å². The molecule has 2 rings (SSSR count). The Morgan fingerprint density at radius 1 is 1.27 bits per heavy atom. The van der Waals surface area contributed by atoms with Gasteiger partial charge in [-0.15, -0.1) is 0 Å². The molecule has 1 saturated heterocycles. The summed E-state index contributed by atoms with van der Waals surface area (Å²) in [6.07, 6.45) is 0. The highest BCUT2D eigenvalue weighted by atomic mass is 16.5. The summed E-state index contributed by atoms with van der Waals surface area (Å²) in [7, 11) is 0. The number of para-hydroxylation sites is 2. The molecule has 1 aliphatic heterocycles. The van der Waals surface area contributed by atoms with Crippen molar-refractivity contribution in [3.05, 3.63) is 24.3 Å². The number of carbonyl (C=O) groups excluding carboxylic acids is 1. The summed E-state index contributed by atoms with van der Waals surface area (Å²) >= 11 is 0. The minimum absolute atomic E-state index is 0.331. The number of morpholine rings is 1. The molecule has 142 valence electrons. The van der Waals surface area contributed by atoms with Crippen molar-refractivity contribution in [3.8, 4) is 6.07 Å². The topological polar surface area (TPSA) is 89.4 Å². The number of nitrogens with zero attached hydrogens (tertiary/aromatic N) is 2. The number of ether oxygens (including phenoxy) is 1. The van der Waals surface area contributed by atoms with Crippen LogP contribution in [0.2, 0.25) is 0 Å². The Morgan fingerprint density at radius 3 is 2.54 bits per heavy atom. The molecule has 0 saturated carbocycles. The lowest BCUT2D eigenvalue weighted by Crippen LogP contribution is -2.44. The molecule has 2 amide bonds. The highest BCUT2D eigenvalue weighted by Gasteiger charge is 2.26. The largest absolute Gasteiger partial charge is 0.382 e. The zero-order valence-corrected chi connectivity index (χ0v) is 15.8. The molecule has 26 heavy (non-hydrogen) atoms. The van der Waals surface area contributed by atoms with E-state index >= 15 is 0 Å². The van der Waals surface area contributed by atoms with Gasteiger partial charge in [-0.2, -0.15) is 5.26 Å². The van der Waals surface area contributed by atoms with Crippen molar-refractivity contribution < 1.29 is 9.53 Å². The predicted molar refractivity (Wildman–Crippen MR) is 103 cm³/mol. The minimum atomic E-state index is -0.566. The summed E-state index contributed by atoms with van der Waals surface area (Å²) in [5, 5.41) is 18.2. The van der Waals surface area contributed by atoms with Gasteiger partial charge < -0.3 is 20.7 Å². The van der Waals surface area contributed by atoms with Gasteiger partial charge in [0.05, 0.1) is 30.7 Å². The van der Waals surface area contributed by atoms with Crippen molar-refractivity contribution >= 4 is 17.4 Å². The first-order valence-corrected chi connectivity index (χ1v) is 9.00. The number of hydrogen-bond donors (Lipinski definition) is 3. The van der Waals surface area contributed by atoms with Crippen LogP contribution in [-0.4, -0.2) is 56.4 Å². The SMILES string of the molecule is CC(C)(C)[C@@H](C#N)NC(=O)Nc1ccccc1NCCN1CCOCC1. The van der Waals surface area contributed by atoms with Gasteiger partial charge in [-0.3, -0.25) is 4.90 Å². The van der Waals surface area contributed by atoms with E-state index in [1.165, 1.54) is 0 Å². The smallest absolute Gasteiger partial charge is 0.320 e. The maximum atomic E-state index is 12.3. The molecule has 1 aromatic carbocycles. The summed E-state index contributed by atoms with van der Waals surface area (Å²) < 4.78 is 5.35. The van der Waals surface area contributed by atoms with Crippen LogP contribution in [0, 0.1) is 16.7 Å². The van der Waals surface area contributed by atoms with Crippen molar-refractivity contribution in [2.75, 3.05) is 50.0 Å². The number of hydrogen-bond acceptors (Lipinski definition) is 5. The molecule has 0 aromatic heterocycles. The number of nitriles is 1. The second-order valence-corrected chi connectivity index (χ2v) is 7.45. The van der Waals surface area contributed by atoms with Gasteiger partial charge in [0.1, 0.15) is 6.04 Å². The van der Waals surface area contributed by atoms with Gasteiger partial charge >= 0.3 is 6.03 Å². The lowest BCUT2D eigenvalue weighted by atomic mass is 9.88. The van der Waals surface area contributed by atoms with Crippen molar-refractivity contribution in [3.63, 3.8) is 0 Å². The minimum Gasteiger partial charge on any atom is -0.382 e. The van der Waals surface area contributed by atoms with E-state index in [1.807, 2.05) is 45.0 Å². The van der Waals surface area contributed by atoms with Gasteiger partial charge in [0.15, 0.2) is 0 Å². The average molecular weight is 359 g/mol. The molecule has 7 nitrogen and oxygen atoms in total. The molecule has 0 bridgehead atoms. The Bertz CT molecular complexity index is 630. The number of urea groups is 1. The molecular formula is C19H29N5O2. The van der Waals surface area contributed by atoms with Crippen LogP contribution in [0.1, 0.15) is 20.8 Å².